The predicted octanol–water partition coefficient (Wildman–Crippen LogP) is 2.71. The van der Waals surface area contributed by atoms with Gasteiger partial charge in [-0.25, -0.2) is 0 Å². The molecule has 2 nitrogen and oxygen atoms in total. The molecule has 17 heavy (non-hydrogen) atoms. The number of nitrogens with zero attached hydrogens (tertiary/aromatic N) is 1. The fourth-order valence-corrected chi connectivity index (χ4v) is 3.10. The maximum Gasteiger partial charge on any atom is 0.0528 e. The Kier molecular flexibility index (Phi) is 3.04. The minimum Gasteiger partial charge on any atom is -0.323 e. The lowest BCUT2D eigenvalue weighted by Gasteiger charge is -2.33. The van der Waals surface area contributed by atoms with Crippen molar-refractivity contribution in [1.29, 1.82) is 0 Å². The van der Waals surface area contributed by atoms with Gasteiger partial charge in [0.05, 0.1) is 6.04 Å². The Bertz CT molecular complexity index is 408. The molecule has 1 aliphatic rings. The number of hydrogen-bond acceptors (Lipinski definition) is 2. The standard InChI is InChI=1S/C15H24N2/c1-10-8-11(2)13(12(3)9-10)14(17(4)5)15(16)6-7-15/h8-9,14H,6-7,16H2,1-5H3. The molecule has 1 fully saturated rings. The lowest BCUT2D eigenvalue weighted by Crippen LogP contribution is -2.40. The normalized spacial score (nSPS) is 19.5. The first-order chi connectivity index (χ1) is 7.85. The number of nitrogens with two attached hydrogens (primary N) is 1. The van der Waals surface area contributed by atoms with Gasteiger partial charge in [-0.15, -0.1) is 0 Å². The highest BCUT2D eigenvalue weighted by molar-refractivity contribution is 5.42. The van der Waals surface area contributed by atoms with Crippen LogP contribution in [0.5, 0.6) is 0 Å². The van der Waals surface area contributed by atoms with Gasteiger partial charge in [0.2, 0.25) is 0 Å². The minimum atomic E-state index is -0.00568. The zero-order chi connectivity index (χ0) is 12.8. The van der Waals surface area contributed by atoms with Gasteiger partial charge in [0.1, 0.15) is 0 Å². The van der Waals surface area contributed by atoms with Crippen LogP contribution in [0.2, 0.25) is 0 Å². The number of likely N-dealkylation sites (N-methyl/N-ethyl adjacent to an activating group) is 1. The van der Waals surface area contributed by atoms with Crippen LogP contribution in [0, 0.1) is 20.8 Å². The van der Waals surface area contributed by atoms with Crippen molar-refractivity contribution < 1.29 is 0 Å². The molecule has 0 amide bonds. The second kappa shape index (κ2) is 4.11. The maximum atomic E-state index is 6.46. The Morgan fingerprint density at radius 2 is 1.59 bits per heavy atom. The quantitative estimate of drug-likeness (QED) is 0.868. The van der Waals surface area contributed by atoms with E-state index in [2.05, 4.69) is 51.9 Å². The maximum absolute atomic E-state index is 6.46. The van der Waals surface area contributed by atoms with Crippen LogP contribution in [0.25, 0.3) is 0 Å². The van der Waals surface area contributed by atoms with E-state index in [1.807, 2.05) is 0 Å². The summed E-state index contributed by atoms with van der Waals surface area (Å²) in [7, 11) is 4.27. The van der Waals surface area contributed by atoms with Gasteiger partial charge in [-0.3, -0.25) is 0 Å². The molecule has 2 N–H and O–H groups in total. The molecule has 1 atom stereocenters. The fraction of sp³-hybridized carbons (Fsp3) is 0.600. The summed E-state index contributed by atoms with van der Waals surface area (Å²) in [5, 5.41) is 0. The zero-order valence-electron chi connectivity index (χ0n) is 11.7. The molecular weight excluding hydrogens is 208 g/mol. The molecule has 1 aromatic carbocycles. The van der Waals surface area contributed by atoms with Crippen molar-refractivity contribution in [2.45, 2.75) is 45.2 Å². The van der Waals surface area contributed by atoms with Crippen LogP contribution in [0.1, 0.15) is 41.1 Å². The van der Waals surface area contributed by atoms with Gasteiger partial charge in [-0.1, -0.05) is 17.7 Å². The van der Waals surface area contributed by atoms with Crippen LogP contribution in [-0.4, -0.2) is 24.5 Å². The first-order valence-corrected chi connectivity index (χ1v) is 6.38. The first kappa shape index (κ1) is 12.6. The third kappa shape index (κ3) is 2.24. The fourth-order valence-electron chi connectivity index (χ4n) is 3.10. The van der Waals surface area contributed by atoms with E-state index in [9.17, 15) is 0 Å². The lowest BCUT2D eigenvalue weighted by atomic mass is 9.88. The SMILES string of the molecule is Cc1cc(C)c(C(N(C)C)C2(N)CC2)c(C)c1. The Hall–Kier alpha value is -0.860. The molecule has 1 saturated carbocycles. The van der Waals surface area contributed by atoms with Gasteiger partial charge in [-0.05, 0) is 64.4 Å². The molecule has 1 unspecified atom stereocenters. The average Bonchev–Trinajstić information content (AvgIpc) is 2.89. The molecule has 0 heterocycles. The molecule has 1 aromatic rings. The third-order valence-electron chi connectivity index (χ3n) is 3.90. The topological polar surface area (TPSA) is 29.3 Å². The molecule has 0 bridgehead atoms. The van der Waals surface area contributed by atoms with Gasteiger partial charge < -0.3 is 10.6 Å². The van der Waals surface area contributed by atoms with Crippen LogP contribution < -0.4 is 5.73 Å². The lowest BCUT2D eigenvalue weighted by molar-refractivity contribution is 0.244. The summed E-state index contributed by atoms with van der Waals surface area (Å²) in [4.78, 5) is 2.28. The largest absolute Gasteiger partial charge is 0.323 e. The number of benzene rings is 1. The van der Waals surface area contributed by atoms with Crippen LogP contribution in [0.3, 0.4) is 0 Å². The van der Waals surface area contributed by atoms with Crippen LogP contribution in [-0.2, 0) is 0 Å². The molecular formula is C15H24N2. The minimum absolute atomic E-state index is 0.00568. The zero-order valence-corrected chi connectivity index (χ0v) is 11.7. The first-order valence-electron chi connectivity index (χ1n) is 6.38. The van der Waals surface area contributed by atoms with Crippen molar-refractivity contribution in [2.75, 3.05) is 14.1 Å². The summed E-state index contributed by atoms with van der Waals surface area (Å²) in [6, 6.07) is 4.89. The molecule has 94 valence electrons. The highest BCUT2D eigenvalue weighted by atomic mass is 15.2. The van der Waals surface area contributed by atoms with Crippen molar-refractivity contribution in [3.8, 4) is 0 Å². The molecule has 0 spiro atoms. The van der Waals surface area contributed by atoms with E-state index in [4.69, 9.17) is 5.73 Å². The summed E-state index contributed by atoms with van der Waals surface area (Å²) in [6.45, 7) is 6.57. The van der Waals surface area contributed by atoms with E-state index in [1.165, 1.54) is 22.3 Å². The Balaban J connectivity index is 2.50. The van der Waals surface area contributed by atoms with Crippen molar-refractivity contribution >= 4 is 0 Å². The highest BCUT2D eigenvalue weighted by Crippen LogP contribution is 2.47. The predicted molar refractivity (Wildman–Crippen MR) is 73.2 cm³/mol. The summed E-state index contributed by atoms with van der Waals surface area (Å²) in [5.74, 6) is 0. The van der Waals surface area contributed by atoms with Crippen molar-refractivity contribution in [2.24, 2.45) is 5.73 Å². The van der Waals surface area contributed by atoms with Gasteiger partial charge in [-0.2, -0.15) is 0 Å². The number of hydrogen-bond donors (Lipinski definition) is 1. The van der Waals surface area contributed by atoms with E-state index in [0.717, 1.165) is 12.8 Å². The Morgan fingerprint density at radius 3 is 1.94 bits per heavy atom. The summed E-state index contributed by atoms with van der Waals surface area (Å²) in [6.07, 6.45) is 2.28. The van der Waals surface area contributed by atoms with Crippen LogP contribution >= 0.6 is 0 Å². The summed E-state index contributed by atoms with van der Waals surface area (Å²) < 4.78 is 0. The number of aryl methyl sites for hydroxylation is 3. The monoisotopic (exact) mass is 232 g/mol. The van der Waals surface area contributed by atoms with Gasteiger partial charge in [0, 0.05) is 5.54 Å². The summed E-state index contributed by atoms with van der Waals surface area (Å²) in [5.41, 5.74) is 12.0. The molecule has 0 radical (unpaired) electrons. The smallest absolute Gasteiger partial charge is 0.0528 e. The Labute approximate surface area is 105 Å². The van der Waals surface area contributed by atoms with E-state index < -0.39 is 0 Å². The van der Waals surface area contributed by atoms with Crippen molar-refractivity contribution in [1.82, 2.24) is 4.90 Å². The molecule has 0 aromatic heterocycles. The van der Waals surface area contributed by atoms with E-state index in [1.54, 1.807) is 0 Å². The van der Waals surface area contributed by atoms with Gasteiger partial charge >= 0.3 is 0 Å². The van der Waals surface area contributed by atoms with E-state index in [-0.39, 0.29) is 5.54 Å². The molecule has 0 aliphatic heterocycles. The molecule has 2 rings (SSSR count). The van der Waals surface area contributed by atoms with Gasteiger partial charge in [0.15, 0.2) is 0 Å². The van der Waals surface area contributed by atoms with Crippen molar-refractivity contribution in [3.63, 3.8) is 0 Å². The Morgan fingerprint density at radius 1 is 1.12 bits per heavy atom. The highest BCUT2D eigenvalue weighted by Gasteiger charge is 2.48. The molecule has 2 heteroatoms. The van der Waals surface area contributed by atoms with Crippen LogP contribution in [0.15, 0.2) is 12.1 Å². The van der Waals surface area contributed by atoms with Crippen molar-refractivity contribution in [3.05, 3.63) is 34.4 Å². The second-order valence-electron chi connectivity index (χ2n) is 5.91. The molecule has 1 aliphatic carbocycles. The molecule has 0 saturated heterocycles. The summed E-state index contributed by atoms with van der Waals surface area (Å²) >= 11 is 0. The third-order valence-corrected chi connectivity index (χ3v) is 3.90. The van der Waals surface area contributed by atoms with Crippen LogP contribution in [0.4, 0.5) is 0 Å². The average molecular weight is 232 g/mol. The second-order valence-corrected chi connectivity index (χ2v) is 5.91. The number of rotatable bonds is 3. The van der Waals surface area contributed by atoms with E-state index in [0.29, 0.717) is 6.04 Å². The van der Waals surface area contributed by atoms with Gasteiger partial charge in [0.25, 0.3) is 0 Å². The van der Waals surface area contributed by atoms with E-state index >= 15 is 0 Å².